The van der Waals surface area contributed by atoms with Crippen LogP contribution in [0.25, 0.3) is 0 Å². The first-order valence-corrected chi connectivity index (χ1v) is 25.7. The number of hydrogen-bond donors (Lipinski definition) is 0. The first-order valence-electron chi connectivity index (χ1n) is 25.7. The van der Waals surface area contributed by atoms with E-state index in [1.165, 1.54) is 161 Å². The highest BCUT2D eigenvalue weighted by molar-refractivity contribution is 5.71. The molecule has 0 saturated heterocycles. The van der Waals surface area contributed by atoms with Gasteiger partial charge in [0.2, 0.25) is 0 Å². The summed E-state index contributed by atoms with van der Waals surface area (Å²) in [6.45, 7) is 13.7. The molecule has 344 valence electrons. The van der Waals surface area contributed by atoms with E-state index < -0.39 is 6.10 Å². The maximum Gasteiger partial charge on any atom is 0.306 e. The van der Waals surface area contributed by atoms with Gasteiger partial charge in [-0.2, -0.15) is 0 Å². The zero-order valence-corrected chi connectivity index (χ0v) is 39.8. The number of ether oxygens (including phenoxy) is 3. The Labute approximate surface area is 361 Å². The van der Waals surface area contributed by atoms with Gasteiger partial charge >= 0.3 is 17.9 Å². The second-order valence-corrected chi connectivity index (χ2v) is 18.5. The van der Waals surface area contributed by atoms with Gasteiger partial charge in [-0.15, -0.1) is 0 Å². The van der Waals surface area contributed by atoms with Gasteiger partial charge in [0.1, 0.15) is 13.2 Å². The molecular formula is C52H100O6. The van der Waals surface area contributed by atoms with Gasteiger partial charge in [-0.25, -0.2) is 0 Å². The van der Waals surface area contributed by atoms with Crippen molar-refractivity contribution in [3.05, 3.63) is 0 Å². The zero-order chi connectivity index (χ0) is 42.7. The van der Waals surface area contributed by atoms with Crippen molar-refractivity contribution in [2.45, 2.75) is 285 Å². The average Bonchev–Trinajstić information content (AvgIpc) is 3.22. The Balaban J connectivity index is 4.27. The summed E-state index contributed by atoms with van der Waals surface area (Å²) in [5, 5.41) is 0. The molecule has 0 spiro atoms. The van der Waals surface area contributed by atoms with E-state index >= 15 is 0 Å². The quantitative estimate of drug-likeness (QED) is 0.0346. The third-order valence-corrected chi connectivity index (χ3v) is 12.7. The number of carbonyl (C=O) groups is 3. The lowest BCUT2D eigenvalue weighted by atomic mass is 9.99. The Bertz CT molecular complexity index is 904. The first-order chi connectivity index (χ1) is 28.2. The van der Waals surface area contributed by atoms with Crippen molar-refractivity contribution in [1.29, 1.82) is 0 Å². The van der Waals surface area contributed by atoms with Crippen molar-refractivity contribution < 1.29 is 28.6 Å². The predicted octanol–water partition coefficient (Wildman–Crippen LogP) is 16.4. The molecule has 0 aromatic carbocycles. The predicted molar refractivity (Wildman–Crippen MR) is 247 cm³/mol. The smallest absolute Gasteiger partial charge is 0.306 e. The standard InChI is InChI=1S/C52H100O6/c1-7-46(4)38-32-26-20-16-14-12-10-11-13-15-17-22-29-35-41-50(53)56-44-49(58-52(55)43-37-31-25-24-28-34-40-48(6)9-3)45-57-51(54)42-36-30-23-19-18-21-27-33-39-47(5)8-2/h46-49H,7-45H2,1-6H3/t46?,47?,48?,49-/m0/s1. The van der Waals surface area contributed by atoms with Gasteiger partial charge in [-0.1, -0.05) is 241 Å². The molecule has 58 heavy (non-hydrogen) atoms. The molecule has 0 rings (SSSR count). The van der Waals surface area contributed by atoms with Crippen molar-refractivity contribution in [2.24, 2.45) is 17.8 Å². The van der Waals surface area contributed by atoms with Crippen LogP contribution in [0.3, 0.4) is 0 Å². The molecule has 0 aliphatic heterocycles. The van der Waals surface area contributed by atoms with Gasteiger partial charge in [-0.3, -0.25) is 14.4 Å². The summed E-state index contributed by atoms with van der Waals surface area (Å²) in [6, 6.07) is 0. The molecule has 0 aromatic heterocycles. The van der Waals surface area contributed by atoms with Crippen LogP contribution in [0.2, 0.25) is 0 Å². The van der Waals surface area contributed by atoms with Gasteiger partial charge in [0, 0.05) is 19.3 Å². The summed E-state index contributed by atoms with van der Waals surface area (Å²) in [6.07, 6.45) is 42.2. The molecule has 0 aliphatic rings. The molecule has 6 nitrogen and oxygen atoms in total. The SMILES string of the molecule is CCC(C)CCCCCCCCCCCCCCCCC(=O)OC[C@@H](COC(=O)CCCCCCCCCCC(C)CC)OC(=O)CCCCCCCCC(C)CC. The van der Waals surface area contributed by atoms with Gasteiger partial charge in [0.15, 0.2) is 6.10 Å². The van der Waals surface area contributed by atoms with Crippen LogP contribution in [0.15, 0.2) is 0 Å². The molecule has 0 saturated carbocycles. The first kappa shape index (κ1) is 56.4. The summed E-state index contributed by atoms with van der Waals surface area (Å²) in [7, 11) is 0. The molecule has 0 heterocycles. The number of esters is 3. The highest BCUT2D eigenvalue weighted by atomic mass is 16.6. The van der Waals surface area contributed by atoms with Crippen LogP contribution in [0, 0.1) is 17.8 Å². The van der Waals surface area contributed by atoms with E-state index in [0.29, 0.717) is 19.3 Å². The Morgan fingerprint density at radius 2 is 0.552 bits per heavy atom. The van der Waals surface area contributed by atoms with Crippen LogP contribution < -0.4 is 0 Å². The fraction of sp³-hybridized carbons (Fsp3) is 0.942. The lowest BCUT2D eigenvalue weighted by Gasteiger charge is -2.18. The minimum Gasteiger partial charge on any atom is -0.462 e. The maximum absolute atomic E-state index is 12.7. The van der Waals surface area contributed by atoms with Crippen LogP contribution in [0.1, 0.15) is 279 Å². The van der Waals surface area contributed by atoms with E-state index in [9.17, 15) is 14.4 Å². The minimum atomic E-state index is -0.763. The Hall–Kier alpha value is -1.59. The summed E-state index contributed by atoms with van der Waals surface area (Å²) in [5.41, 5.74) is 0. The molecule has 4 atom stereocenters. The molecular weight excluding hydrogens is 721 g/mol. The van der Waals surface area contributed by atoms with Crippen molar-refractivity contribution in [3.63, 3.8) is 0 Å². The highest BCUT2D eigenvalue weighted by Gasteiger charge is 2.19. The average molecular weight is 821 g/mol. The molecule has 0 N–H and O–H groups in total. The van der Waals surface area contributed by atoms with E-state index in [-0.39, 0.29) is 31.1 Å². The summed E-state index contributed by atoms with van der Waals surface area (Å²) in [4.78, 5) is 37.9. The van der Waals surface area contributed by atoms with Gasteiger partial charge in [0.25, 0.3) is 0 Å². The highest BCUT2D eigenvalue weighted by Crippen LogP contribution is 2.19. The number of unbranched alkanes of at least 4 members (excludes halogenated alkanes) is 25. The Morgan fingerprint density at radius 3 is 0.810 bits per heavy atom. The maximum atomic E-state index is 12.7. The largest absolute Gasteiger partial charge is 0.462 e. The number of hydrogen-bond acceptors (Lipinski definition) is 6. The van der Waals surface area contributed by atoms with Crippen LogP contribution in [0.4, 0.5) is 0 Å². The lowest BCUT2D eigenvalue weighted by molar-refractivity contribution is -0.167. The van der Waals surface area contributed by atoms with Crippen molar-refractivity contribution in [2.75, 3.05) is 13.2 Å². The summed E-state index contributed by atoms with van der Waals surface area (Å²) in [5.74, 6) is 1.69. The van der Waals surface area contributed by atoms with E-state index in [2.05, 4.69) is 41.5 Å². The molecule has 0 fully saturated rings. The monoisotopic (exact) mass is 821 g/mol. The summed E-state index contributed by atoms with van der Waals surface area (Å²) >= 11 is 0. The molecule has 3 unspecified atom stereocenters. The zero-order valence-electron chi connectivity index (χ0n) is 39.8. The van der Waals surface area contributed by atoms with Crippen molar-refractivity contribution >= 4 is 17.9 Å². The van der Waals surface area contributed by atoms with Gasteiger partial charge in [-0.05, 0) is 37.0 Å². The number of rotatable bonds is 45. The molecule has 0 radical (unpaired) electrons. The third-order valence-electron chi connectivity index (χ3n) is 12.7. The molecule has 0 aromatic rings. The van der Waals surface area contributed by atoms with E-state index in [1.54, 1.807) is 0 Å². The van der Waals surface area contributed by atoms with Crippen LogP contribution in [-0.4, -0.2) is 37.2 Å². The fourth-order valence-corrected chi connectivity index (χ4v) is 7.66. The van der Waals surface area contributed by atoms with E-state index in [1.807, 2.05) is 0 Å². The van der Waals surface area contributed by atoms with Crippen LogP contribution in [-0.2, 0) is 28.6 Å². The molecule has 6 heteroatoms. The van der Waals surface area contributed by atoms with Crippen molar-refractivity contribution in [1.82, 2.24) is 0 Å². The fourth-order valence-electron chi connectivity index (χ4n) is 7.66. The lowest BCUT2D eigenvalue weighted by Crippen LogP contribution is -2.30. The van der Waals surface area contributed by atoms with Crippen molar-refractivity contribution in [3.8, 4) is 0 Å². The number of carbonyl (C=O) groups excluding carboxylic acids is 3. The topological polar surface area (TPSA) is 78.9 Å². The minimum absolute atomic E-state index is 0.0658. The Morgan fingerprint density at radius 1 is 0.328 bits per heavy atom. The van der Waals surface area contributed by atoms with E-state index in [4.69, 9.17) is 14.2 Å². The third kappa shape index (κ3) is 41.2. The second kappa shape index (κ2) is 43.5. The molecule has 0 aliphatic carbocycles. The Kier molecular flexibility index (Phi) is 42.3. The molecule has 0 amide bonds. The second-order valence-electron chi connectivity index (χ2n) is 18.5. The van der Waals surface area contributed by atoms with Crippen LogP contribution >= 0.6 is 0 Å². The molecule has 0 bridgehead atoms. The normalized spacial score (nSPS) is 13.6. The van der Waals surface area contributed by atoms with Crippen LogP contribution in [0.5, 0.6) is 0 Å². The summed E-state index contributed by atoms with van der Waals surface area (Å²) < 4.78 is 16.8. The van der Waals surface area contributed by atoms with Gasteiger partial charge < -0.3 is 14.2 Å². The van der Waals surface area contributed by atoms with Gasteiger partial charge in [0.05, 0.1) is 0 Å². The van der Waals surface area contributed by atoms with E-state index in [0.717, 1.165) is 75.5 Å².